The maximum atomic E-state index is 11.1. The normalized spacial score (nSPS) is 21.6. The van der Waals surface area contributed by atoms with E-state index in [9.17, 15) is 4.79 Å². The summed E-state index contributed by atoms with van der Waals surface area (Å²) in [7, 11) is 0. The number of ketones is 1. The van der Waals surface area contributed by atoms with Crippen molar-refractivity contribution in [2.75, 3.05) is 0 Å². The van der Waals surface area contributed by atoms with Crippen LogP contribution in [0.4, 0.5) is 0 Å². The first kappa shape index (κ1) is 8.78. The maximum absolute atomic E-state index is 11.1. The molecule has 0 bridgehead atoms. The average molecular weight is 215 g/mol. The molecule has 1 unspecified atom stereocenters. The van der Waals surface area contributed by atoms with Crippen LogP contribution in [0.2, 0.25) is 4.34 Å². The number of carbonyl (C=O) groups is 1. The van der Waals surface area contributed by atoms with Gasteiger partial charge in [-0.25, -0.2) is 0 Å². The maximum Gasteiger partial charge on any atom is 0.162 e. The van der Waals surface area contributed by atoms with Crippen LogP contribution in [0.5, 0.6) is 0 Å². The summed E-state index contributed by atoms with van der Waals surface area (Å²) in [5.74, 6) is 0.0979. The van der Waals surface area contributed by atoms with Gasteiger partial charge in [0.15, 0.2) is 5.78 Å². The Hall–Kier alpha value is -0.800. The number of thiophene rings is 1. The minimum absolute atomic E-state index is 0.0979. The summed E-state index contributed by atoms with van der Waals surface area (Å²) in [5.41, 5.74) is 0. The van der Waals surface area contributed by atoms with Gasteiger partial charge in [-0.1, -0.05) is 11.6 Å². The van der Waals surface area contributed by atoms with Crippen molar-refractivity contribution in [3.8, 4) is 0 Å². The number of carbonyl (C=O) groups excluding carboxylic acids is 1. The van der Waals surface area contributed by atoms with E-state index in [2.05, 4.69) is 0 Å². The minimum atomic E-state index is -0.144. The molecule has 0 radical (unpaired) electrons. The summed E-state index contributed by atoms with van der Waals surface area (Å²) in [5, 5.41) is 0. The zero-order valence-electron chi connectivity index (χ0n) is 6.70. The standard InChI is InChI=1S/C9H7ClO2S/c10-9-2-1-8(13-9)7-5-6(11)3-4-12-7/h1-4,7H,5H2. The third-order valence-electron chi connectivity index (χ3n) is 1.79. The van der Waals surface area contributed by atoms with Crippen LogP contribution in [0.25, 0.3) is 0 Å². The van der Waals surface area contributed by atoms with Crippen LogP contribution in [-0.4, -0.2) is 5.78 Å². The molecule has 2 nitrogen and oxygen atoms in total. The summed E-state index contributed by atoms with van der Waals surface area (Å²) in [6, 6.07) is 3.71. The van der Waals surface area contributed by atoms with Gasteiger partial charge in [0.1, 0.15) is 6.10 Å². The fourth-order valence-corrected chi connectivity index (χ4v) is 2.28. The van der Waals surface area contributed by atoms with Gasteiger partial charge in [0.2, 0.25) is 0 Å². The Morgan fingerprint density at radius 3 is 3.00 bits per heavy atom. The van der Waals surface area contributed by atoms with Crippen molar-refractivity contribution in [2.45, 2.75) is 12.5 Å². The van der Waals surface area contributed by atoms with E-state index in [0.29, 0.717) is 6.42 Å². The molecule has 4 heteroatoms. The molecule has 0 aliphatic carbocycles. The highest BCUT2D eigenvalue weighted by Gasteiger charge is 2.19. The molecular formula is C9H7ClO2S. The lowest BCUT2D eigenvalue weighted by molar-refractivity contribution is -0.118. The van der Waals surface area contributed by atoms with Crippen LogP contribution >= 0.6 is 22.9 Å². The van der Waals surface area contributed by atoms with Gasteiger partial charge in [0.05, 0.1) is 17.0 Å². The molecule has 13 heavy (non-hydrogen) atoms. The molecule has 2 heterocycles. The monoisotopic (exact) mass is 214 g/mol. The van der Waals surface area contributed by atoms with Crippen LogP contribution in [0.1, 0.15) is 17.4 Å². The fraction of sp³-hybridized carbons (Fsp3) is 0.222. The van der Waals surface area contributed by atoms with E-state index in [4.69, 9.17) is 16.3 Å². The molecule has 1 aliphatic heterocycles. The smallest absolute Gasteiger partial charge is 0.162 e. The largest absolute Gasteiger partial charge is 0.492 e. The van der Waals surface area contributed by atoms with Gasteiger partial charge in [-0.15, -0.1) is 11.3 Å². The Morgan fingerprint density at radius 1 is 1.54 bits per heavy atom. The Morgan fingerprint density at radius 2 is 2.38 bits per heavy atom. The highest BCUT2D eigenvalue weighted by molar-refractivity contribution is 7.16. The van der Waals surface area contributed by atoms with Crippen molar-refractivity contribution in [1.29, 1.82) is 0 Å². The average Bonchev–Trinajstić information content (AvgIpc) is 2.52. The zero-order chi connectivity index (χ0) is 9.26. The predicted octanol–water partition coefficient (Wildman–Crippen LogP) is 2.95. The van der Waals surface area contributed by atoms with Gasteiger partial charge in [0, 0.05) is 11.0 Å². The van der Waals surface area contributed by atoms with Gasteiger partial charge in [-0.3, -0.25) is 4.79 Å². The molecular weight excluding hydrogens is 208 g/mol. The number of rotatable bonds is 1. The van der Waals surface area contributed by atoms with E-state index in [1.165, 1.54) is 23.7 Å². The number of allylic oxidation sites excluding steroid dienone is 1. The van der Waals surface area contributed by atoms with Crippen molar-refractivity contribution in [3.05, 3.63) is 33.7 Å². The minimum Gasteiger partial charge on any atom is -0.492 e. The van der Waals surface area contributed by atoms with Crippen LogP contribution in [-0.2, 0) is 9.53 Å². The van der Waals surface area contributed by atoms with Crippen molar-refractivity contribution in [2.24, 2.45) is 0 Å². The summed E-state index contributed by atoms with van der Waals surface area (Å²) in [6.07, 6.45) is 3.17. The second kappa shape index (κ2) is 3.52. The molecule has 1 aliphatic rings. The van der Waals surface area contributed by atoms with Crippen LogP contribution in [0.15, 0.2) is 24.5 Å². The molecule has 0 N–H and O–H groups in total. The quantitative estimate of drug-likeness (QED) is 0.719. The molecule has 2 rings (SSSR count). The van der Waals surface area contributed by atoms with Crippen LogP contribution in [0.3, 0.4) is 0 Å². The van der Waals surface area contributed by atoms with Crippen molar-refractivity contribution in [3.63, 3.8) is 0 Å². The molecule has 0 saturated heterocycles. The highest BCUT2D eigenvalue weighted by atomic mass is 35.5. The van der Waals surface area contributed by atoms with Crippen molar-refractivity contribution < 1.29 is 9.53 Å². The Balaban J connectivity index is 2.18. The van der Waals surface area contributed by atoms with Crippen molar-refractivity contribution >= 4 is 28.7 Å². The Labute approximate surface area is 84.8 Å². The fourth-order valence-electron chi connectivity index (χ4n) is 1.18. The van der Waals surface area contributed by atoms with E-state index in [-0.39, 0.29) is 11.9 Å². The first-order valence-electron chi connectivity index (χ1n) is 3.86. The van der Waals surface area contributed by atoms with Crippen molar-refractivity contribution in [1.82, 2.24) is 0 Å². The number of hydrogen-bond donors (Lipinski definition) is 0. The Bertz CT molecular complexity index is 356. The lowest BCUT2D eigenvalue weighted by atomic mass is 10.1. The van der Waals surface area contributed by atoms with Gasteiger partial charge >= 0.3 is 0 Å². The molecule has 0 amide bonds. The molecule has 0 spiro atoms. The summed E-state index contributed by atoms with van der Waals surface area (Å²) in [4.78, 5) is 12.1. The Kier molecular flexibility index (Phi) is 2.38. The van der Waals surface area contributed by atoms with Gasteiger partial charge < -0.3 is 4.74 Å². The first-order chi connectivity index (χ1) is 6.25. The molecule has 1 aromatic rings. The van der Waals surface area contributed by atoms with E-state index < -0.39 is 0 Å². The predicted molar refractivity (Wildman–Crippen MR) is 51.9 cm³/mol. The third-order valence-corrected chi connectivity index (χ3v) is 3.12. The second-order valence-electron chi connectivity index (χ2n) is 2.74. The lowest BCUT2D eigenvalue weighted by Gasteiger charge is -2.16. The van der Waals surface area contributed by atoms with E-state index in [0.717, 1.165) is 9.21 Å². The van der Waals surface area contributed by atoms with Gasteiger partial charge in [-0.05, 0) is 12.1 Å². The number of ether oxygens (including phenoxy) is 1. The summed E-state index contributed by atoms with van der Waals surface area (Å²) in [6.45, 7) is 0. The molecule has 0 fully saturated rings. The molecule has 1 atom stereocenters. The topological polar surface area (TPSA) is 26.3 Å². The first-order valence-corrected chi connectivity index (χ1v) is 5.05. The van der Waals surface area contributed by atoms with Crippen LogP contribution in [0, 0.1) is 0 Å². The number of hydrogen-bond acceptors (Lipinski definition) is 3. The zero-order valence-corrected chi connectivity index (χ0v) is 8.27. The molecule has 0 aromatic carbocycles. The molecule has 1 aromatic heterocycles. The van der Waals surface area contributed by atoms with E-state index >= 15 is 0 Å². The summed E-state index contributed by atoms with van der Waals surface area (Å²) < 4.78 is 6.02. The molecule has 68 valence electrons. The third kappa shape index (κ3) is 1.92. The SMILES string of the molecule is O=C1C=COC(c2ccc(Cl)s2)C1. The second-order valence-corrected chi connectivity index (χ2v) is 4.49. The van der Waals surface area contributed by atoms with Gasteiger partial charge in [0.25, 0.3) is 0 Å². The van der Waals surface area contributed by atoms with Gasteiger partial charge in [-0.2, -0.15) is 0 Å². The van der Waals surface area contributed by atoms with E-state index in [1.54, 1.807) is 0 Å². The van der Waals surface area contributed by atoms with E-state index in [1.807, 2.05) is 12.1 Å². The number of halogens is 1. The highest BCUT2D eigenvalue weighted by Crippen LogP contribution is 2.32. The summed E-state index contributed by atoms with van der Waals surface area (Å²) >= 11 is 7.23. The molecule has 0 saturated carbocycles. The van der Waals surface area contributed by atoms with Crippen LogP contribution < -0.4 is 0 Å². The lowest BCUT2D eigenvalue weighted by Crippen LogP contribution is -2.09.